The molecule has 17 heavy (non-hydrogen) atoms. The van der Waals surface area contributed by atoms with E-state index in [-0.39, 0.29) is 12.3 Å². The predicted octanol–water partition coefficient (Wildman–Crippen LogP) is 1.89. The molecule has 1 heterocycles. The second kappa shape index (κ2) is 5.52. The van der Waals surface area contributed by atoms with Crippen LogP contribution in [0.15, 0.2) is 0 Å². The lowest BCUT2D eigenvalue weighted by molar-refractivity contribution is -0.137. The van der Waals surface area contributed by atoms with E-state index in [4.69, 9.17) is 5.11 Å². The highest BCUT2D eigenvalue weighted by Gasteiger charge is 2.29. The van der Waals surface area contributed by atoms with Crippen molar-refractivity contribution < 1.29 is 14.7 Å². The summed E-state index contributed by atoms with van der Waals surface area (Å²) in [6, 6.07) is 0. The minimum atomic E-state index is -0.730. The van der Waals surface area contributed by atoms with Gasteiger partial charge in [0.25, 0.3) is 0 Å². The molecule has 2 aliphatic rings. The van der Waals surface area contributed by atoms with Gasteiger partial charge < -0.3 is 10.0 Å². The van der Waals surface area contributed by atoms with Gasteiger partial charge in [0.2, 0.25) is 5.91 Å². The van der Waals surface area contributed by atoms with Crippen molar-refractivity contribution in [1.29, 1.82) is 0 Å². The molecular formula is C13H21NO3. The lowest BCUT2D eigenvalue weighted by Crippen LogP contribution is -2.40. The Hall–Kier alpha value is -1.06. The molecule has 4 heteroatoms. The van der Waals surface area contributed by atoms with E-state index in [1.54, 1.807) is 0 Å². The van der Waals surface area contributed by atoms with Crippen molar-refractivity contribution in [2.45, 2.75) is 44.9 Å². The first-order chi connectivity index (χ1) is 8.15. The van der Waals surface area contributed by atoms with E-state index in [2.05, 4.69) is 0 Å². The molecule has 1 amide bonds. The molecule has 1 aliphatic carbocycles. The third-order valence-corrected chi connectivity index (χ3v) is 3.80. The van der Waals surface area contributed by atoms with E-state index in [0.717, 1.165) is 25.9 Å². The number of aliphatic carboxylic acids is 1. The lowest BCUT2D eigenvalue weighted by atomic mass is 9.93. The van der Waals surface area contributed by atoms with Crippen LogP contribution in [0, 0.1) is 11.8 Å². The van der Waals surface area contributed by atoms with Crippen LogP contribution in [0.25, 0.3) is 0 Å². The molecule has 1 saturated carbocycles. The average Bonchev–Trinajstić information content (AvgIpc) is 3.10. The molecule has 0 aromatic heterocycles. The van der Waals surface area contributed by atoms with Gasteiger partial charge in [-0.3, -0.25) is 9.59 Å². The topological polar surface area (TPSA) is 57.6 Å². The number of hydrogen-bond donors (Lipinski definition) is 1. The molecule has 1 atom stereocenters. The molecule has 1 aliphatic heterocycles. The number of carbonyl (C=O) groups is 2. The normalized spacial score (nSPS) is 24.7. The van der Waals surface area contributed by atoms with Gasteiger partial charge in [-0.15, -0.1) is 0 Å². The van der Waals surface area contributed by atoms with Gasteiger partial charge in [-0.2, -0.15) is 0 Å². The van der Waals surface area contributed by atoms with Gasteiger partial charge in [0.15, 0.2) is 0 Å². The molecule has 0 radical (unpaired) electrons. The second-order valence-corrected chi connectivity index (χ2v) is 5.43. The first-order valence-corrected chi connectivity index (χ1v) is 6.64. The number of carboxylic acid groups (broad SMARTS) is 1. The summed E-state index contributed by atoms with van der Waals surface area (Å²) in [5, 5.41) is 8.67. The molecule has 2 rings (SSSR count). The molecule has 1 N–H and O–H groups in total. The summed E-state index contributed by atoms with van der Waals surface area (Å²) >= 11 is 0. The molecule has 96 valence electrons. The van der Waals surface area contributed by atoms with E-state index < -0.39 is 5.97 Å². The average molecular weight is 239 g/mol. The zero-order chi connectivity index (χ0) is 12.3. The number of amides is 1. The molecule has 0 aromatic rings. The number of nitrogens with zero attached hydrogens (tertiary/aromatic N) is 1. The first-order valence-electron chi connectivity index (χ1n) is 6.64. The summed E-state index contributed by atoms with van der Waals surface area (Å²) < 4.78 is 0. The maximum atomic E-state index is 11.9. The zero-order valence-electron chi connectivity index (χ0n) is 10.2. The van der Waals surface area contributed by atoms with Crippen LogP contribution < -0.4 is 0 Å². The van der Waals surface area contributed by atoms with Crippen LogP contribution in [-0.4, -0.2) is 35.0 Å². The number of likely N-dealkylation sites (tertiary alicyclic amines) is 1. The molecule has 1 saturated heterocycles. The molecule has 2 fully saturated rings. The second-order valence-electron chi connectivity index (χ2n) is 5.43. The summed E-state index contributed by atoms with van der Waals surface area (Å²) in [6.07, 6.45) is 6.18. The molecule has 4 nitrogen and oxygen atoms in total. The Morgan fingerprint density at radius 1 is 1.18 bits per heavy atom. The largest absolute Gasteiger partial charge is 0.481 e. The van der Waals surface area contributed by atoms with Gasteiger partial charge >= 0.3 is 5.97 Å². The van der Waals surface area contributed by atoms with Crippen LogP contribution in [0.5, 0.6) is 0 Å². The Morgan fingerprint density at radius 3 is 2.59 bits per heavy atom. The number of piperidine rings is 1. The Labute approximate surface area is 102 Å². The minimum Gasteiger partial charge on any atom is -0.481 e. The van der Waals surface area contributed by atoms with Gasteiger partial charge in [-0.1, -0.05) is 0 Å². The fourth-order valence-electron chi connectivity index (χ4n) is 2.55. The number of hydrogen-bond acceptors (Lipinski definition) is 2. The third-order valence-electron chi connectivity index (χ3n) is 3.80. The summed E-state index contributed by atoms with van der Waals surface area (Å²) in [7, 11) is 0. The highest BCUT2D eigenvalue weighted by Crippen LogP contribution is 2.33. The van der Waals surface area contributed by atoms with Crippen LogP contribution in [-0.2, 0) is 9.59 Å². The summed E-state index contributed by atoms with van der Waals surface area (Å²) in [5.74, 6) is 0.587. The van der Waals surface area contributed by atoms with Crippen LogP contribution in [0.4, 0.5) is 0 Å². The summed E-state index contributed by atoms with van der Waals surface area (Å²) in [6.45, 7) is 1.65. The molecule has 1 unspecified atom stereocenters. The molecule has 0 aromatic carbocycles. The van der Waals surface area contributed by atoms with E-state index in [1.165, 1.54) is 12.8 Å². The quantitative estimate of drug-likeness (QED) is 0.797. The number of carbonyl (C=O) groups excluding carboxylic acids is 1. The van der Waals surface area contributed by atoms with Crippen LogP contribution >= 0.6 is 0 Å². The smallest absolute Gasteiger partial charge is 0.303 e. The maximum Gasteiger partial charge on any atom is 0.303 e. The fraction of sp³-hybridized carbons (Fsp3) is 0.846. The van der Waals surface area contributed by atoms with Gasteiger partial charge in [-0.05, 0) is 43.9 Å². The fourth-order valence-corrected chi connectivity index (χ4v) is 2.55. The highest BCUT2D eigenvalue weighted by molar-refractivity contribution is 5.76. The van der Waals surface area contributed by atoms with E-state index in [0.29, 0.717) is 24.7 Å². The van der Waals surface area contributed by atoms with Crippen molar-refractivity contribution in [2.75, 3.05) is 13.1 Å². The highest BCUT2D eigenvalue weighted by atomic mass is 16.4. The van der Waals surface area contributed by atoms with Gasteiger partial charge in [0, 0.05) is 25.9 Å². The zero-order valence-corrected chi connectivity index (χ0v) is 10.2. The maximum absolute atomic E-state index is 11.9. The Bertz CT molecular complexity index is 299. The van der Waals surface area contributed by atoms with Crippen molar-refractivity contribution in [2.24, 2.45) is 11.8 Å². The monoisotopic (exact) mass is 239 g/mol. The lowest BCUT2D eigenvalue weighted by Gasteiger charge is -2.32. The van der Waals surface area contributed by atoms with Crippen molar-refractivity contribution in [3.05, 3.63) is 0 Å². The van der Waals surface area contributed by atoms with Crippen molar-refractivity contribution >= 4 is 11.9 Å². The van der Waals surface area contributed by atoms with E-state index in [9.17, 15) is 9.59 Å². The minimum absolute atomic E-state index is 0.231. The van der Waals surface area contributed by atoms with Crippen LogP contribution in [0.2, 0.25) is 0 Å². The van der Waals surface area contributed by atoms with Crippen molar-refractivity contribution in [1.82, 2.24) is 4.90 Å². The first kappa shape index (κ1) is 12.4. The van der Waals surface area contributed by atoms with Gasteiger partial charge in [-0.25, -0.2) is 0 Å². The summed E-state index contributed by atoms with van der Waals surface area (Å²) in [4.78, 5) is 24.4. The SMILES string of the molecule is O=C(O)CCC1CCCN(C(=O)CC2CC2)C1. The Kier molecular flexibility index (Phi) is 4.02. The van der Waals surface area contributed by atoms with E-state index >= 15 is 0 Å². The standard InChI is InChI=1S/C13H21NO3/c15-12(8-10-3-4-10)14-7-1-2-11(9-14)5-6-13(16)17/h10-11H,1-9H2,(H,16,17). The van der Waals surface area contributed by atoms with Crippen molar-refractivity contribution in [3.63, 3.8) is 0 Å². The molecule has 0 bridgehead atoms. The number of carboxylic acids is 1. The third kappa shape index (κ3) is 4.02. The predicted molar refractivity (Wildman–Crippen MR) is 63.5 cm³/mol. The van der Waals surface area contributed by atoms with Crippen molar-refractivity contribution in [3.8, 4) is 0 Å². The van der Waals surface area contributed by atoms with Gasteiger partial charge in [0.1, 0.15) is 0 Å². The van der Waals surface area contributed by atoms with E-state index in [1.807, 2.05) is 4.90 Å². The Balaban J connectivity index is 1.74. The molecule has 0 spiro atoms. The number of rotatable bonds is 5. The Morgan fingerprint density at radius 2 is 1.94 bits per heavy atom. The van der Waals surface area contributed by atoms with Gasteiger partial charge in [0.05, 0.1) is 0 Å². The summed E-state index contributed by atoms with van der Waals surface area (Å²) in [5.41, 5.74) is 0. The van der Waals surface area contributed by atoms with Crippen LogP contribution in [0.1, 0.15) is 44.9 Å². The van der Waals surface area contributed by atoms with Crippen LogP contribution in [0.3, 0.4) is 0 Å². The molecular weight excluding hydrogens is 218 g/mol.